The fraction of sp³-hybridized carbons (Fsp3) is 0.0667. The Hall–Kier alpha value is -2.36. The van der Waals surface area contributed by atoms with Gasteiger partial charge in [-0.25, -0.2) is 8.78 Å². The second-order valence-corrected chi connectivity index (χ2v) is 4.14. The lowest BCUT2D eigenvalue weighted by atomic mass is 10.2. The molecule has 0 aliphatic heterocycles. The lowest BCUT2D eigenvalue weighted by molar-refractivity contribution is 0.274. The first-order chi connectivity index (χ1) is 9.20. The lowest BCUT2D eigenvalue weighted by Crippen LogP contribution is -1.93. The minimum Gasteiger partial charge on any atom is -0.486 e. The number of ether oxygens (including phenoxy) is 1. The average molecular weight is 260 g/mol. The summed E-state index contributed by atoms with van der Waals surface area (Å²) in [5, 5.41) is 0.692. The van der Waals surface area contributed by atoms with Gasteiger partial charge in [0, 0.05) is 5.39 Å². The molecular formula is C15H10F2O2. The minimum atomic E-state index is -0.313. The van der Waals surface area contributed by atoms with E-state index in [1.165, 1.54) is 36.4 Å². The third kappa shape index (κ3) is 2.57. The number of benzene rings is 2. The molecule has 2 nitrogen and oxygen atoms in total. The van der Waals surface area contributed by atoms with Gasteiger partial charge < -0.3 is 9.15 Å². The van der Waals surface area contributed by atoms with E-state index in [-0.39, 0.29) is 18.2 Å². The van der Waals surface area contributed by atoms with Crippen LogP contribution in [0.1, 0.15) is 5.76 Å². The van der Waals surface area contributed by atoms with Crippen LogP contribution >= 0.6 is 0 Å². The van der Waals surface area contributed by atoms with E-state index in [1.54, 1.807) is 12.1 Å². The highest BCUT2D eigenvalue weighted by molar-refractivity contribution is 5.77. The first-order valence-electron chi connectivity index (χ1n) is 5.77. The van der Waals surface area contributed by atoms with Crippen LogP contribution in [0.2, 0.25) is 0 Å². The van der Waals surface area contributed by atoms with Gasteiger partial charge in [-0.2, -0.15) is 0 Å². The molecule has 0 radical (unpaired) electrons. The van der Waals surface area contributed by atoms with Crippen LogP contribution in [-0.4, -0.2) is 0 Å². The van der Waals surface area contributed by atoms with Gasteiger partial charge in [0.15, 0.2) is 0 Å². The van der Waals surface area contributed by atoms with E-state index < -0.39 is 0 Å². The lowest BCUT2D eigenvalue weighted by Gasteiger charge is -2.03. The van der Waals surface area contributed by atoms with Crippen molar-refractivity contribution in [1.29, 1.82) is 0 Å². The second kappa shape index (κ2) is 4.72. The molecule has 1 aromatic heterocycles. The minimum absolute atomic E-state index is 0.210. The Balaban J connectivity index is 1.76. The Labute approximate surface area is 108 Å². The van der Waals surface area contributed by atoms with E-state index in [4.69, 9.17) is 9.15 Å². The molecule has 19 heavy (non-hydrogen) atoms. The molecule has 0 bridgehead atoms. The fourth-order valence-corrected chi connectivity index (χ4v) is 1.83. The highest BCUT2D eigenvalue weighted by Gasteiger charge is 2.05. The first-order valence-corrected chi connectivity index (χ1v) is 5.77. The molecule has 3 rings (SSSR count). The zero-order valence-electron chi connectivity index (χ0n) is 9.90. The Morgan fingerprint density at radius 3 is 2.42 bits per heavy atom. The molecule has 0 aliphatic carbocycles. The molecule has 0 unspecified atom stereocenters. The Bertz CT molecular complexity index is 702. The van der Waals surface area contributed by atoms with Crippen LogP contribution in [-0.2, 0) is 6.61 Å². The summed E-state index contributed by atoms with van der Waals surface area (Å²) < 4.78 is 36.7. The van der Waals surface area contributed by atoms with E-state index in [0.29, 0.717) is 22.5 Å². The summed E-state index contributed by atoms with van der Waals surface area (Å²) in [7, 11) is 0. The molecule has 96 valence electrons. The van der Waals surface area contributed by atoms with Gasteiger partial charge in [0.25, 0.3) is 0 Å². The van der Waals surface area contributed by atoms with Gasteiger partial charge in [-0.3, -0.25) is 0 Å². The molecule has 0 saturated carbocycles. The zero-order valence-corrected chi connectivity index (χ0v) is 9.90. The van der Waals surface area contributed by atoms with Crippen molar-refractivity contribution in [2.24, 2.45) is 0 Å². The summed E-state index contributed by atoms with van der Waals surface area (Å²) in [5.41, 5.74) is 0.610. The molecule has 0 aliphatic rings. The smallest absolute Gasteiger partial charge is 0.146 e. The summed E-state index contributed by atoms with van der Waals surface area (Å²) in [6.07, 6.45) is 0. The van der Waals surface area contributed by atoms with Crippen LogP contribution < -0.4 is 4.74 Å². The maximum atomic E-state index is 13.0. The van der Waals surface area contributed by atoms with Gasteiger partial charge in [0.2, 0.25) is 0 Å². The summed E-state index contributed by atoms with van der Waals surface area (Å²) in [6.45, 7) is 0.210. The molecule has 4 heteroatoms. The normalized spacial score (nSPS) is 10.8. The molecule has 0 atom stereocenters. The third-order valence-corrected chi connectivity index (χ3v) is 2.72. The number of hydrogen-bond acceptors (Lipinski definition) is 2. The van der Waals surface area contributed by atoms with Gasteiger partial charge in [-0.1, -0.05) is 0 Å². The average Bonchev–Trinajstić information content (AvgIpc) is 2.80. The SMILES string of the molecule is Fc1ccc(OCc2cc3cc(F)ccc3o2)cc1. The molecule has 1 heterocycles. The van der Waals surface area contributed by atoms with Crippen molar-refractivity contribution in [3.05, 3.63) is 65.9 Å². The highest BCUT2D eigenvalue weighted by Crippen LogP contribution is 2.21. The fourth-order valence-electron chi connectivity index (χ4n) is 1.83. The Kier molecular flexibility index (Phi) is 2.91. The number of furan rings is 1. The molecule has 2 aromatic carbocycles. The van der Waals surface area contributed by atoms with Crippen molar-refractivity contribution in [3.63, 3.8) is 0 Å². The quantitative estimate of drug-likeness (QED) is 0.701. The summed E-state index contributed by atoms with van der Waals surface area (Å²) in [5.74, 6) is 0.517. The number of fused-ring (bicyclic) bond motifs is 1. The summed E-state index contributed by atoms with van der Waals surface area (Å²) in [4.78, 5) is 0. The van der Waals surface area contributed by atoms with E-state index in [1.807, 2.05) is 0 Å². The van der Waals surface area contributed by atoms with E-state index in [0.717, 1.165) is 0 Å². The summed E-state index contributed by atoms with van der Waals surface area (Å²) in [6, 6.07) is 11.8. The van der Waals surface area contributed by atoms with E-state index in [9.17, 15) is 8.78 Å². The van der Waals surface area contributed by atoms with Crippen LogP contribution in [0.5, 0.6) is 5.75 Å². The van der Waals surface area contributed by atoms with Crippen LogP contribution in [0.3, 0.4) is 0 Å². The van der Waals surface area contributed by atoms with Crippen LogP contribution in [0.15, 0.2) is 52.9 Å². The van der Waals surface area contributed by atoms with Gasteiger partial charge in [0.05, 0.1) is 0 Å². The van der Waals surface area contributed by atoms with Crippen molar-refractivity contribution in [2.75, 3.05) is 0 Å². The molecule has 0 amide bonds. The van der Waals surface area contributed by atoms with Gasteiger partial charge >= 0.3 is 0 Å². The Morgan fingerprint density at radius 2 is 1.63 bits per heavy atom. The topological polar surface area (TPSA) is 22.4 Å². The van der Waals surface area contributed by atoms with Crippen LogP contribution in [0, 0.1) is 11.6 Å². The Morgan fingerprint density at radius 1 is 0.895 bits per heavy atom. The maximum Gasteiger partial charge on any atom is 0.146 e. The van der Waals surface area contributed by atoms with Gasteiger partial charge in [-0.15, -0.1) is 0 Å². The van der Waals surface area contributed by atoms with Crippen LogP contribution in [0.4, 0.5) is 8.78 Å². The van der Waals surface area contributed by atoms with Crippen molar-refractivity contribution < 1.29 is 17.9 Å². The monoisotopic (exact) mass is 260 g/mol. The zero-order chi connectivity index (χ0) is 13.2. The molecule has 0 N–H and O–H groups in total. The van der Waals surface area contributed by atoms with Crippen molar-refractivity contribution in [1.82, 2.24) is 0 Å². The molecule has 0 spiro atoms. The third-order valence-electron chi connectivity index (χ3n) is 2.72. The highest BCUT2D eigenvalue weighted by atomic mass is 19.1. The molecule has 0 fully saturated rings. The van der Waals surface area contributed by atoms with E-state index in [2.05, 4.69) is 0 Å². The number of hydrogen-bond donors (Lipinski definition) is 0. The maximum absolute atomic E-state index is 13.0. The summed E-state index contributed by atoms with van der Waals surface area (Å²) >= 11 is 0. The first kappa shape index (κ1) is 11.7. The largest absolute Gasteiger partial charge is 0.486 e. The standard InChI is InChI=1S/C15H10F2O2/c16-11-1-4-13(5-2-11)18-9-14-8-10-7-12(17)3-6-15(10)19-14/h1-8H,9H2. The molecule has 3 aromatic rings. The van der Waals surface area contributed by atoms with E-state index >= 15 is 0 Å². The van der Waals surface area contributed by atoms with Gasteiger partial charge in [0.1, 0.15) is 35.3 Å². The number of halogens is 2. The van der Waals surface area contributed by atoms with Crippen molar-refractivity contribution >= 4 is 11.0 Å². The van der Waals surface area contributed by atoms with Gasteiger partial charge in [-0.05, 0) is 48.5 Å². The molecular weight excluding hydrogens is 250 g/mol. The van der Waals surface area contributed by atoms with Crippen molar-refractivity contribution in [3.8, 4) is 5.75 Å². The van der Waals surface area contributed by atoms with Crippen molar-refractivity contribution in [2.45, 2.75) is 6.61 Å². The predicted molar refractivity (Wildman–Crippen MR) is 66.9 cm³/mol. The predicted octanol–water partition coefficient (Wildman–Crippen LogP) is 4.29. The second-order valence-electron chi connectivity index (χ2n) is 4.14. The number of rotatable bonds is 3. The van der Waals surface area contributed by atoms with Crippen LogP contribution in [0.25, 0.3) is 11.0 Å². The molecule has 0 saturated heterocycles.